The number of rotatable bonds is 4. The Bertz CT molecular complexity index is 284. The van der Waals surface area contributed by atoms with E-state index in [9.17, 15) is 13.6 Å². The number of hydrogen-bond donors (Lipinski definition) is 1. The summed E-state index contributed by atoms with van der Waals surface area (Å²) in [7, 11) is 0. The average molecular weight is 264 g/mol. The van der Waals surface area contributed by atoms with Crippen LogP contribution in [0.5, 0.6) is 0 Å². The van der Waals surface area contributed by atoms with Crippen molar-refractivity contribution in [2.24, 2.45) is 0 Å². The normalized spacial score (nSPS) is 18.7. The SMILES string of the molecule is CC(C)(C)OC(=O)CC(F)(F)CN1CCNCC1. The van der Waals surface area contributed by atoms with E-state index in [-0.39, 0.29) is 6.54 Å². The molecule has 1 rings (SSSR count). The van der Waals surface area contributed by atoms with Crippen LogP contribution in [0, 0.1) is 0 Å². The van der Waals surface area contributed by atoms with Gasteiger partial charge in [0.05, 0.1) is 6.54 Å². The van der Waals surface area contributed by atoms with Gasteiger partial charge in [-0.05, 0) is 20.8 Å². The first-order valence-corrected chi connectivity index (χ1v) is 6.21. The van der Waals surface area contributed by atoms with Crippen LogP contribution in [0.2, 0.25) is 0 Å². The smallest absolute Gasteiger partial charge is 0.312 e. The van der Waals surface area contributed by atoms with Crippen molar-refractivity contribution in [3.05, 3.63) is 0 Å². The number of esters is 1. The highest BCUT2D eigenvalue weighted by molar-refractivity contribution is 5.70. The minimum absolute atomic E-state index is 0.381. The lowest BCUT2D eigenvalue weighted by molar-refractivity contribution is -0.163. The standard InChI is InChI=1S/C12H22F2N2O2/c1-11(2,3)18-10(17)8-12(13,14)9-16-6-4-15-5-7-16/h15H,4-9H2,1-3H3. The molecule has 1 heterocycles. The fourth-order valence-electron chi connectivity index (χ4n) is 1.84. The van der Waals surface area contributed by atoms with Crippen molar-refractivity contribution in [2.75, 3.05) is 32.7 Å². The minimum Gasteiger partial charge on any atom is -0.460 e. The summed E-state index contributed by atoms with van der Waals surface area (Å²) in [5.41, 5.74) is -0.720. The van der Waals surface area contributed by atoms with Crippen molar-refractivity contribution in [1.29, 1.82) is 0 Å². The van der Waals surface area contributed by atoms with Crippen molar-refractivity contribution in [1.82, 2.24) is 10.2 Å². The molecule has 1 aliphatic heterocycles. The van der Waals surface area contributed by atoms with Gasteiger partial charge in [0.15, 0.2) is 0 Å². The van der Waals surface area contributed by atoms with E-state index in [1.54, 1.807) is 25.7 Å². The third-order valence-electron chi connectivity index (χ3n) is 2.49. The predicted molar refractivity (Wildman–Crippen MR) is 64.7 cm³/mol. The molecule has 0 radical (unpaired) electrons. The molecule has 0 aromatic rings. The van der Waals surface area contributed by atoms with Gasteiger partial charge >= 0.3 is 5.97 Å². The molecule has 0 aromatic carbocycles. The lowest BCUT2D eigenvalue weighted by Gasteiger charge is -2.30. The molecule has 1 aliphatic rings. The number of hydrogen-bond acceptors (Lipinski definition) is 4. The molecule has 18 heavy (non-hydrogen) atoms. The monoisotopic (exact) mass is 264 g/mol. The molecule has 0 aliphatic carbocycles. The summed E-state index contributed by atoms with van der Waals surface area (Å²) in [4.78, 5) is 13.1. The summed E-state index contributed by atoms with van der Waals surface area (Å²) in [6, 6.07) is 0. The third kappa shape index (κ3) is 6.26. The highest BCUT2D eigenvalue weighted by Gasteiger charge is 2.36. The predicted octanol–water partition coefficient (Wildman–Crippen LogP) is 1.26. The Morgan fingerprint density at radius 2 is 1.83 bits per heavy atom. The molecule has 0 spiro atoms. The van der Waals surface area contributed by atoms with E-state index in [1.807, 2.05) is 0 Å². The van der Waals surface area contributed by atoms with Crippen LogP contribution in [0.4, 0.5) is 8.78 Å². The van der Waals surface area contributed by atoms with Crippen LogP contribution in [-0.4, -0.2) is 55.1 Å². The van der Waals surface area contributed by atoms with Crippen LogP contribution < -0.4 is 5.32 Å². The Labute approximate surface area is 107 Å². The summed E-state index contributed by atoms with van der Waals surface area (Å²) < 4.78 is 32.3. The molecule has 0 saturated carbocycles. The van der Waals surface area contributed by atoms with Crippen molar-refractivity contribution < 1.29 is 18.3 Å². The summed E-state index contributed by atoms with van der Waals surface area (Å²) in [6.07, 6.45) is -0.853. The summed E-state index contributed by atoms with van der Waals surface area (Å²) in [5, 5.41) is 3.09. The fraction of sp³-hybridized carbons (Fsp3) is 0.917. The maximum Gasteiger partial charge on any atom is 0.312 e. The molecule has 0 unspecified atom stereocenters. The zero-order valence-corrected chi connectivity index (χ0v) is 11.3. The van der Waals surface area contributed by atoms with Crippen LogP contribution in [0.25, 0.3) is 0 Å². The second-order valence-electron chi connectivity index (χ2n) is 5.65. The van der Waals surface area contributed by atoms with E-state index >= 15 is 0 Å². The van der Waals surface area contributed by atoms with Gasteiger partial charge in [-0.15, -0.1) is 0 Å². The number of carbonyl (C=O) groups is 1. The molecule has 0 bridgehead atoms. The first-order chi connectivity index (χ1) is 8.18. The van der Waals surface area contributed by atoms with Crippen molar-refractivity contribution >= 4 is 5.97 Å². The number of ether oxygens (including phenoxy) is 1. The fourth-order valence-corrected chi connectivity index (χ4v) is 1.84. The number of alkyl halides is 2. The molecule has 0 amide bonds. The summed E-state index contributed by atoms with van der Waals surface area (Å²) in [6.45, 7) is 7.21. The molecule has 106 valence electrons. The number of nitrogens with one attached hydrogen (secondary N) is 1. The minimum atomic E-state index is -3.03. The van der Waals surface area contributed by atoms with E-state index in [1.165, 1.54) is 0 Å². The van der Waals surface area contributed by atoms with Crippen LogP contribution in [0.1, 0.15) is 27.2 Å². The summed E-state index contributed by atoms with van der Waals surface area (Å²) >= 11 is 0. The van der Waals surface area contributed by atoms with E-state index in [0.29, 0.717) is 26.2 Å². The van der Waals surface area contributed by atoms with Gasteiger partial charge in [-0.3, -0.25) is 9.69 Å². The summed E-state index contributed by atoms with van der Waals surface area (Å²) in [5.74, 6) is -3.87. The third-order valence-corrected chi connectivity index (χ3v) is 2.49. The van der Waals surface area contributed by atoms with Gasteiger partial charge in [-0.25, -0.2) is 8.78 Å². The van der Waals surface area contributed by atoms with Crippen molar-refractivity contribution in [3.8, 4) is 0 Å². The molecule has 0 atom stereocenters. The second kappa shape index (κ2) is 5.93. The average Bonchev–Trinajstić information content (AvgIpc) is 2.13. The van der Waals surface area contributed by atoms with Gasteiger partial charge in [-0.2, -0.15) is 0 Å². The van der Waals surface area contributed by atoms with Gasteiger partial charge in [0.25, 0.3) is 5.92 Å². The van der Waals surface area contributed by atoms with Gasteiger partial charge in [0.1, 0.15) is 12.0 Å². The van der Waals surface area contributed by atoms with Crippen molar-refractivity contribution in [2.45, 2.75) is 38.7 Å². The molecular weight excluding hydrogens is 242 g/mol. The molecular formula is C12H22F2N2O2. The first-order valence-electron chi connectivity index (χ1n) is 6.21. The Morgan fingerprint density at radius 1 is 1.28 bits per heavy atom. The lowest BCUT2D eigenvalue weighted by Crippen LogP contribution is -2.48. The maximum atomic E-state index is 13.7. The zero-order chi connectivity index (χ0) is 13.8. The number of piperazine rings is 1. The molecule has 1 saturated heterocycles. The highest BCUT2D eigenvalue weighted by atomic mass is 19.3. The lowest BCUT2D eigenvalue weighted by atomic mass is 10.1. The Morgan fingerprint density at radius 3 is 2.33 bits per heavy atom. The van der Waals surface area contributed by atoms with E-state index in [2.05, 4.69) is 5.32 Å². The first kappa shape index (κ1) is 15.3. The number of carbonyl (C=O) groups excluding carboxylic acids is 1. The van der Waals surface area contributed by atoms with E-state index in [0.717, 1.165) is 0 Å². The zero-order valence-electron chi connectivity index (χ0n) is 11.3. The quantitative estimate of drug-likeness (QED) is 0.776. The molecule has 6 heteroatoms. The van der Waals surface area contributed by atoms with E-state index in [4.69, 9.17) is 4.74 Å². The number of nitrogens with zero attached hydrogens (tertiary/aromatic N) is 1. The second-order valence-corrected chi connectivity index (χ2v) is 5.65. The topological polar surface area (TPSA) is 41.6 Å². The van der Waals surface area contributed by atoms with Gasteiger partial charge < -0.3 is 10.1 Å². The van der Waals surface area contributed by atoms with Crippen LogP contribution in [0.3, 0.4) is 0 Å². The molecule has 1 fully saturated rings. The Balaban J connectivity index is 2.40. The van der Waals surface area contributed by atoms with Crippen LogP contribution >= 0.6 is 0 Å². The number of halogens is 2. The maximum absolute atomic E-state index is 13.7. The van der Waals surface area contributed by atoms with Crippen molar-refractivity contribution in [3.63, 3.8) is 0 Å². The van der Waals surface area contributed by atoms with Gasteiger partial charge in [0.2, 0.25) is 0 Å². The van der Waals surface area contributed by atoms with Crippen LogP contribution in [0.15, 0.2) is 0 Å². The molecule has 1 N–H and O–H groups in total. The van der Waals surface area contributed by atoms with E-state index < -0.39 is 23.9 Å². The largest absolute Gasteiger partial charge is 0.460 e. The van der Waals surface area contributed by atoms with Gasteiger partial charge in [0, 0.05) is 26.2 Å². The Hall–Kier alpha value is -0.750. The molecule has 0 aromatic heterocycles. The Kier molecular flexibility index (Phi) is 5.04. The van der Waals surface area contributed by atoms with Crippen LogP contribution in [-0.2, 0) is 9.53 Å². The molecule has 4 nitrogen and oxygen atoms in total. The van der Waals surface area contributed by atoms with Gasteiger partial charge in [-0.1, -0.05) is 0 Å². The highest BCUT2D eigenvalue weighted by Crippen LogP contribution is 2.22.